The number of hydrogen-bond acceptors (Lipinski definition) is 5. The summed E-state index contributed by atoms with van der Waals surface area (Å²) in [6.45, 7) is 5.58. The zero-order chi connectivity index (χ0) is 13.4. The highest BCUT2D eigenvalue weighted by molar-refractivity contribution is 7.15. The van der Waals surface area contributed by atoms with Gasteiger partial charge in [0.15, 0.2) is 5.13 Å². The van der Waals surface area contributed by atoms with Gasteiger partial charge in [-0.3, -0.25) is 4.79 Å². The van der Waals surface area contributed by atoms with Crippen LogP contribution >= 0.6 is 11.3 Å². The molecule has 0 bridgehead atoms. The van der Waals surface area contributed by atoms with Crippen molar-refractivity contribution in [2.45, 2.75) is 39.0 Å². The number of nitrogens with zero attached hydrogens (tertiary/aromatic N) is 1. The first-order valence-corrected chi connectivity index (χ1v) is 7.90. The smallest absolute Gasteiger partial charge is 0.315 e. The number of thiazole rings is 1. The first-order valence-electron chi connectivity index (χ1n) is 7.09. The van der Waals surface area contributed by atoms with Crippen molar-refractivity contribution in [1.82, 2.24) is 4.98 Å². The summed E-state index contributed by atoms with van der Waals surface area (Å²) >= 11 is 1.70. The van der Waals surface area contributed by atoms with E-state index in [2.05, 4.69) is 17.2 Å². The van der Waals surface area contributed by atoms with Crippen LogP contribution in [-0.2, 0) is 16.0 Å². The molecule has 19 heavy (non-hydrogen) atoms. The molecule has 1 saturated carbocycles. The molecular formula is C14H20N2O2S. The summed E-state index contributed by atoms with van der Waals surface area (Å²) in [6.07, 6.45) is 3.13. The summed E-state index contributed by atoms with van der Waals surface area (Å²) in [6, 6.07) is 0. The van der Waals surface area contributed by atoms with E-state index in [0.717, 1.165) is 42.0 Å². The third-order valence-corrected chi connectivity index (χ3v) is 5.17. The van der Waals surface area contributed by atoms with E-state index < -0.39 is 0 Å². The maximum Gasteiger partial charge on any atom is 0.315 e. The highest BCUT2D eigenvalue weighted by Crippen LogP contribution is 2.41. The van der Waals surface area contributed by atoms with Crippen molar-refractivity contribution in [2.75, 3.05) is 18.5 Å². The largest absolute Gasteiger partial charge is 0.465 e. The number of carbonyl (C=O) groups is 1. The van der Waals surface area contributed by atoms with Crippen LogP contribution in [0.3, 0.4) is 0 Å². The first kappa shape index (κ1) is 12.9. The lowest BCUT2D eigenvalue weighted by molar-refractivity contribution is -0.145. The SMILES string of the molecule is CCOC(=O)C1CCc2sc(NCC3CC3C)nc21. The second-order valence-electron chi connectivity index (χ2n) is 5.52. The maximum atomic E-state index is 11.9. The molecule has 0 amide bonds. The van der Waals surface area contributed by atoms with Crippen LogP contribution in [-0.4, -0.2) is 24.1 Å². The fourth-order valence-electron chi connectivity index (χ4n) is 2.68. The van der Waals surface area contributed by atoms with Crippen molar-refractivity contribution in [3.8, 4) is 0 Å². The summed E-state index contributed by atoms with van der Waals surface area (Å²) in [7, 11) is 0. The molecule has 1 aromatic heterocycles. The summed E-state index contributed by atoms with van der Waals surface area (Å²) in [4.78, 5) is 17.7. The van der Waals surface area contributed by atoms with E-state index in [0.29, 0.717) is 6.61 Å². The maximum absolute atomic E-state index is 11.9. The molecule has 104 valence electrons. The molecule has 4 nitrogen and oxygen atoms in total. The van der Waals surface area contributed by atoms with E-state index in [1.807, 2.05) is 6.92 Å². The summed E-state index contributed by atoms with van der Waals surface area (Å²) < 4.78 is 5.12. The summed E-state index contributed by atoms with van der Waals surface area (Å²) in [5, 5.41) is 4.38. The number of aryl methyl sites for hydroxylation is 1. The van der Waals surface area contributed by atoms with E-state index in [-0.39, 0.29) is 11.9 Å². The lowest BCUT2D eigenvalue weighted by atomic mass is 10.1. The Kier molecular flexibility index (Phi) is 3.48. The lowest BCUT2D eigenvalue weighted by Crippen LogP contribution is -2.14. The number of fused-ring (bicyclic) bond motifs is 1. The van der Waals surface area contributed by atoms with Gasteiger partial charge in [0.1, 0.15) is 5.92 Å². The van der Waals surface area contributed by atoms with Gasteiger partial charge >= 0.3 is 5.97 Å². The minimum absolute atomic E-state index is 0.117. The van der Waals surface area contributed by atoms with Gasteiger partial charge in [0.2, 0.25) is 0 Å². The van der Waals surface area contributed by atoms with Crippen LogP contribution in [0.2, 0.25) is 0 Å². The van der Waals surface area contributed by atoms with Crippen LogP contribution in [0.15, 0.2) is 0 Å². The fraction of sp³-hybridized carbons (Fsp3) is 0.714. The molecule has 0 spiro atoms. The number of esters is 1. The van der Waals surface area contributed by atoms with E-state index in [9.17, 15) is 4.79 Å². The summed E-state index contributed by atoms with van der Waals surface area (Å²) in [5.41, 5.74) is 0.954. The molecule has 0 aromatic carbocycles. The Hall–Kier alpha value is -1.10. The minimum atomic E-state index is -0.137. The molecule has 1 fully saturated rings. The van der Waals surface area contributed by atoms with Gasteiger partial charge in [0.25, 0.3) is 0 Å². The zero-order valence-corrected chi connectivity index (χ0v) is 12.3. The van der Waals surface area contributed by atoms with Gasteiger partial charge in [-0.25, -0.2) is 4.98 Å². The minimum Gasteiger partial charge on any atom is -0.465 e. The molecule has 2 aliphatic rings. The number of ether oxygens (including phenoxy) is 1. The third-order valence-electron chi connectivity index (χ3n) is 4.08. The molecule has 1 heterocycles. The number of carbonyl (C=O) groups excluding carboxylic acids is 1. The number of rotatable bonds is 5. The van der Waals surface area contributed by atoms with Crippen molar-refractivity contribution in [3.05, 3.63) is 10.6 Å². The Labute approximate surface area is 117 Å². The zero-order valence-electron chi connectivity index (χ0n) is 11.4. The standard InChI is InChI=1S/C14H20N2O2S/c1-3-18-13(17)10-4-5-11-12(10)16-14(19-11)15-7-9-6-8(9)2/h8-10H,3-7H2,1-2H3,(H,15,16). The average molecular weight is 280 g/mol. The monoisotopic (exact) mass is 280 g/mol. The predicted octanol–water partition coefficient (Wildman–Crippen LogP) is 2.80. The summed E-state index contributed by atoms with van der Waals surface area (Å²) in [5.74, 6) is 1.40. The second kappa shape index (κ2) is 5.12. The van der Waals surface area contributed by atoms with Crippen LogP contribution in [0.1, 0.15) is 43.2 Å². The van der Waals surface area contributed by atoms with Gasteiger partial charge in [0, 0.05) is 11.4 Å². The number of anilines is 1. The average Bonchev–Trinajstić information content (AvgIpc) is 2.78. The van der Waals surface area contributed by atoms with Crippen LogP contribution in [0.25, 0.3) is 0 Å². The van der Waals surface area contributed by atoms with Crippen LogP contribution in [0.4, 0.5) is 5.13 Å². The Balaban J connectivity index is 1.64. The van der Waals surface area contributed by atoms with Crippen molar-refractivity contribution < 1.29 is 9.53 Å². The predicted molar refractivity (Wildman–Crippen MR) is 75.6 cm³/mol. The fourth-order valence-corrected chi connectivity index (χ4v) is 3.72. The molecule has 1 aromatic rings. The molecular weight excluding hydrogens is 260 g/mol. The molecule has 0 saturated heterocycles. The molecule has 3 rings (SSSR count). The van der Waals surface area contributed by atoms with Gasteiger partial charge in [-0.15, -0.1) is 11.3 Å². The highest BCUT2D eigenvalue weighted by Gasteiger charge is 2.35. The van der Waals surface area contributed by atoms with Gasteiger partial charge in [-0.05, 0) is 38.0 Å². The van der Waals surface area contributed by atoms with Crippen molar-refractivity contribution in [2.24, 2.45) is 11.8 Å². The quantitative estimate of drug-likeness (QED) is 0.843. The van der Waals surface area contributed by atoms with Crippen LogP contribution in [0.5, 0.6) is 0 Å². The normalized spacial score (nSPS) is 28.0. The molecule has 3 atom stereocenters. The molecule has 3 unspecified atom stereocenters. The number of nitrogens with one attached hydrogen (secondary N) is 1. The van der Waals surface area contributed by atoms with E-state index >= 15 is 0 Å². The van der Waals surface area contributed by atoms with Gasteiger partial charge in [-0.2, -0.15) is 0 Å². The molecule has 2 aliphatic carbocycles. The lowest BCUT2D eigenvalue weighted by Gasteiger charge is -2.08. The Morgan fingerprint density at radius 2 is 2.37 bits per heavy atom. The Morgan fingerprint density at radius 1 is 1.58 bits per heavy atom. The second-order valence-corrected chi connectivity index (χ2v) is 6.61. The molecule has 0 radical (unpaired) electrons. The van der Waals surface area contributed by atoms with E-state index in [1.165, 1.54) is 11.3 Å². The number of hydrogen-bond donors (Lipinski definition) is 1. The van der Waals surface area contributed by atoms with Crippen molar-refractivity contribution in [1.29, 1.82) is 0 Å². The molecule has 5 heteroatoms. The Bertz CT molecular complexity index is 486. The third kappa shape index (κ3) is 2.61. The highest BCUT2D eigenvalue weighted by atomic mass is 32.1. The van der Waals surface area contributed by atoms with Crippen molar-refractivity contribution >= 4 is 22.4 Å². The molecule has 0 aliphatic heterocycles. The van der Waals surface area contributed by atoms with Crippen LogP contribution < -0.4 is 5.32 Å². The van der Waals surface area contributed by atoms with Gasteiger partial charge in [0.05, 0.1) is 12.3 Å². The van der Waals surface area contributed by atoms with Gasteiger partial charge < -0.3 is 10.1 Å². The first-order chi connectivity index (χ1) is 9.19. The van der Waals surface area contributed by atoms with Crippen molar-refractivity contribution in [3.63, 3.8) is 0 Å². The van der Waals surface area contributed by atoms with E-state index in [1.54, 1.807) is 11.3 Å². The van der Waals surface area contributed by atoms with Gasteiger partial charge in [-0.1, -0.05) is 6.92 Å². The van der Waals surface area contributed by atoms with E-state index in [4.69, 9.17) is 4.74 Å². The number of aromatic nitrogens is 1. The molecule has 1 N–H and O–H groups in total. The van der Waals surface area contributed by atoms with Crippen LogP contribution in [0, 0.1) is 11.8 Å². The topological polar surface area (TPSA) is 51.2 Å². The Morgan fingerprint density at radius 3 is 3.05 bits per heavy atom.